The van der Waals surface area contributed by atoms with Gasteiger partial charge >= 0.3 is 0 Å². The number of ether oxygens (including phenoxy) is 2. The normalized spacial score (nSPS) is 12.8. The van der Waals surface area contributed by atoms with Crippen LogP contribution in [0, 0.1) is 0 Å². The first kappa shape index (κ1) is 25.2. The highest BCUT2D eigenvalue weighted by atomic mass is 32.2. The van der Waals surface area contributed by atoms with Gasteiger partial charge in [-0.15, -0.1) is 11.3 Å². The van der Waals surface area contributed by atoms with Gasteiger partial charge in [-0.1, -0.05) is 26.7 Å². The van der Waals surface area contributed by atoms with Crippen LogP contribution in [0.5, 0.6) is 11.5 Å². The fourth-order valence-corrected chi connectivity index (χ4v) is 5.87. The fourth-order valence-electron chi connectivity index (χ4n) is 3.64. The maximum Gasteiger partial charge on any atom is 0.257 e. The number of nitrogens with one attached hydrogen (secondary N) is 1. The minimum Gasteiger partial charge on any atom is -0.454 e. The first-order chi connectivity index (χ1) is 16.9. The van der Waals surface area contributed by atoms with Crippen LogP contribution < -0.4 is 14.8 Å². The summed E-state index contributed by atoms with van der Waals surface area (Å²) in [6.45, 7) is 5.28. The third-order valence-corrected chi connectivity index (χ3v) is 8.34. The molecule has 0 saturated carbocycles. The maximum atomic E-state index is 13.1. The van der Waals surface area contributed by atoms with Gasteiger partial charge in [-0.25, -0.2) is 13.4 Å². The number of rotatable bonds is 11. The van der Waals surface area contributed by atoms with Crippen LogP contribution in [-0.4, -0.2) is 43.5 Å². The summed E-state index contributed by atoms with van der Waals surface area (Å²) in [5, 5.41) is 5.09. The van der Waals surface area contributed by atoms with Crippen molar-refractivity contribution in [3.63, 3.8) is 0 Å². The molecule has 8 nitrogen and oxygen atoms in total. The van der Waals surface area contributed by atoms with E-state index in [0.717, 1.165) is 31.2 Å². The Bertz CT molecular complexity index is 1260. The molecule has 1 amide bonds. The molecule has 1 aromatic heterocycles. The maximum absolute atomic E-state index is 13.1. The highest BCUT2D eigenvalue weighted by Gasteiger charge is 2.24. The summed E-state index contributed by atoms with van der Waals surface area (Å²) in [5.74, 6) is 1.01. The number of thiazole rings is 1. The van der Waals surface area contributed by atoms with Crippen molar-refractivity contribution in [3.8, 4) is 22.8 Å². The quantitative estimate of drug-likeness (QED) is 0.368. The summed E-state index contributed by atoms with van der Waals surface area (Å²) in [7, 11) is -3.61. The van der Waals surface area contributed by atoms with Crippen molar-refractivity contribution in [3.05, 3.63) is 53.4 Å². The summed E-state index contributed by atoms with van der Waals surface area (Å²) in [6, 6.07) is 11.6. The molecular formula is C25H29N3O5S2. The Morgan fingerprint density at radius 3 is 2.40 bits per heavy atom. The van der Waals surface area contributed by atoms with E-state index in [4.69, 9.17) is 9.47 Å². The average molecular weight is 516 g/mol. The highest BCUT2D eigenvalue weighted by molar-refractivity contribution is 7.89. The molecule has 1 aliphatic heterocycles. The first-order valence-corrected chi connectivity index (χ1v) is 14.0. The van der Waals surface area contributed by atoms with E-state index in [0.29, 0.717) is 41.0 Å². The Morgan fingerprint density at radius 1 is 1.03 bits per heavy atom. The lowest BCUT2D eigenvalue weighted by molar-refractivity contribution is 0.102. The fraction of sp³-hybridized carbons (Fsp3) is 0.360. The van der Waals surface area contributed by atoms with E-state index in [1.54, 1.807) is 4.31 Å². The van der Waals surface area contributed by atoms with E-state index in [-0.39, 0.29) is 17.6 Å². The van der Waals surface area contributed by atoms with Gasteiger partial charge in [-0.05, 0) is 55.3 Å². The highest BCUT2D eigenvalue weighted by Crippen LogP contribution is 2.36. The van der Waals surface area contributed by atoms with E-state index in [9.17, 15) is 13.2 Å². The largest absolute Gasteiger partial charge is 0.454 e. The van der Waals surface area contributed by atoms with Crippen LogP contribution in [-0.2, 0) is 10.0 Å². The molecular weight excluding hydrogens is 486 g/mol. The molecule has 10 heteroatoms. The van der Waals surface area contributed by atoms with E-state index >= 15 is 0 Å². The average Bonchev–Trinajstić information content (AvgIpc) is 3.53. The second-order valence-electron chi connectivity index (χ2n) is 8.20. The lowest BCUT2D eigenvalue weighted by Gasteiger charge is -2.22. The molecule has 2 aromatic carbocycles. The van der Waals surface area contributed by atoms with Gasteiger partial charge in [0.05, 0.1) is 10.6 Å². The van der Waals surface area contributed by atoms with Gasteiger partial charge in [0.25, 0.3) is 5.91 Å². The number of hydrogen-bond acceptors (Lipinski definition) is 7. The monoisotopic (exact) mass is 515 g/mol. The summed E-state index contributed by atoms with van der Waals surface area (Å²) in [6.07, 6.45) is 3.46. The van der Waals surface area contributed by atoms with Crippen molar-refractivity contribution in [1.82, 2.24) is 9.29 Å². The zero-order valence-electron chi connectivity index (χ0n) is 19.8. The lowest BCUT2D eigenvalue weighted by atomic mass is 10.1. The summed E-state index contributed by atoms with van der Waals surface area (Å²) >= 11 is 1.31. The molecule has 1 N–H and O–H groups in total. The molecule has 0 aliphatic carbocycles. The van der Waals surface area contributed by atoms with Crippen molar-refractivity contribution in [2.75, 3.05) is 25.2 Å². The second kappa shape index (κ2) is 11.2. The Morgan fingerprint density at radius 2 is 1.71 bits per heavy atom. The Labute approximate surface area is 210 Å². The minimum atomic E-state index is -3.61. The number of carbonyl (C=O) groups excluding carboxylic acids is 1. The number of hydrogen-bond donors (Lipinski definition) is 1. The molecule has 0 spiro atoms. The van der Waals surface area contributed by atoms with Gasteiger partial charge < -0.3 is 9.47 Å². The number of nitrogens with zero attached hydrogens (tertiary/aromatic N) is 2. The topological polar surface area (TPSA) is 97.8 Å². The van der Waals surface area contributed by atoms with Crippen molar-refractivity contribution in [1.29, 1.82) is 0 Å². The first-order valence-electron chi connectivity index (χ1n) is 11.7. The standard InChI is InChI=1S/C25H29N3O5S2/c1-3-5-13-28(14-6-4-2)35(30,31)20-10-7-18(8-11-20)24(29)27-25-26-21(16-34-25)19-9-12-22-23(15-19)33-17-32-22/h7-12,15-16H,3-6,13-14,17H2,1-2H3,(H,26,27,29). The van der Waals surface area contributed by atoms with Gasteiger partial charge in [-0.2, -0.15) is 4.31 Å². The molecule has 0 bridgehead atoms. The Kier molecular flexibility index (Phi) is 8.04. The molecule has 4 rings (SSSR count). The van der Waals surface area contributed by atoms with Crippen LogP contribution in [0.1, 0.15) is 49.9 Å². The number of amides is 1. The van der Waals surface area contributed by atoms with Crippen molar-refractivity contribution in [2.24, 2.45) is 0 Å². The number of anilines is 1. The molecule has 1 aliphatic rings. The predicted octanol–water partition coefficient (Wildman–Crippen LogP) is 5.38. The summed E-state index contributed by atoms with van der Waals surface area (Å²) in [4.78, 5) is 17.4. The van der Waals surface area contributed by atoms with Gasteiger partial charge in [-0.3, -0.25) is 10.1 Å². The summed E-state index contributed by atoms with van der Waals surface area (Å²) in [5.41, 5.74) is 1.93. The molecule has 2 heterocycles. The predicted molar refractivity (Wildman–Crippen MR) is 137 cm³/mol. The van der Waals surface area contributed by atoms with Crippen molar-refractivity contribution < 1.29 is 22.7 Å². The van der Waals surface area contributed by atoms with Gasteiger partial charge in [0.1, 0.15) is 0 Å². The third-order valence-electron chi connectivity index (χ3n) is 5.67. The lowest BCUT2D eigenvalue weighted by Crippen LogP contribution is -2.33. The van der Waals surface area contributed by atoms with Gasteiger partial charge in [0.15, 0.2) is 16.6 Å². The Hall–Kier alpha value is -2.95. The number of carbonyl (C=O) groups is 1. The minimum absolute atomic E-state index is 0.195. The SMILES string of the molecule is CCCCN(CCCC)S(=O)(=O)c1ccc(C(=O)Nc2nc(-c3ccc4c(c3)OCO4)cs2)cc1. The third kappa shape index (κ3) is 5.83. The van der Waals surface area contributed by atoms with Crippen LogP contribution in [0.4, 0.5) is 5.13 Å². The van der Waals surface area contributed by atoms with Crippen molar-refractivity contribution >= 4 is 32.4 Å². The zero-order chi connectivity index (χ0) is 24.8. The molecule has 0 unspecified atom stereocenters. The number of fused-ring (bicyclic) bond motifs is 1. The van der Waals surface area contributed by atoms with Crippen molar-refractivity contribution in [2.45, 2.75) is 44.4 Å². The van der Waals surface area contributed by atoms with E-state index in [2.05, 4.69) is 10.3 Å². The second-order valence-corrected chi connectivity index (χ2v) is 11.0. The van der Waals surface area contributed by atoms with Crippen LogP contribution >= 0.6 is 11.3 Å². The van der Waals surface area contributed by atoms with E-state index < -0.39 is 10.0 Å². The Balaban J connectivity index is 1.43. The number of benzene rings is 2. The number of unbranched alkanes of at least 4 members (excludes halogenated alkanes) is 2. The molecule has 0 saturated heterocycles. The van der Waals surface area contributed by atoms with Gasteiger partial charge in [0, 0.05) is 29.6 Å². The molecule has 3 aromatic rings. The number of sulfonamides is 1. The van der Waals surface area contributed by atoms with Gasteiger partial charge in [0.2, 0.25) is 16.8 Å². The number of aromatic nitrogens is 1. The van der Waals surface area contributed by atoms with Crippen LogP contribution in [0.3, 0.4) is 0 Å². The molecule has 186 valence electrons. The molecule has 0 fully saturated rings. The smallest absolute Gasteiger partial charge is 0.257 e. The van der Waals surface area contributed by atoms with E-state index in [1.165, 1.54) is 35.6 Å². The van der Waals surface area contributed by atoms with Crippen LogP contribution in [0.2, 0.25) is 0 Å². The molecule has 35 heavy (non-hydrogen) atoms. The summed E-state index contributed by atoms with van der Waals surface area (Å²) < 4.78 is 38.5. The van der Waals surface area contributed by atoms with E-state index in [1.807, 2.05) is 37.4 Å². The molecule has 0 radical (unpaired) electrons. The van der Waals surface area contributed by atoms with Crippen LogP contribution in [0.15, 0.2) is 52.7 Å². The zero-order valence-corrected chi connectivity index (χ0v) is 21.5. The van der Waals surface area contributed by atoms with Crippen LogP contribution in [0.25, 0.3) is 11.3 Å². The molecule has 0 atom stereocenters.